The van der Waals surface area contributed by atoms with Crippen molar-refractivity contribution in [1.29, 1.82) is 0 Å². The molecule has 0 saturated heterocycles. The first-order chi connectivity index (χ1) is 4.61. The maximum atomic E-state index is 11.8. The Morgan fingerprint density at radius 1 is 1.09 bits per heavy atom. The Morgan fingerprint density at radius 3 is 1.82 bits per heavy atom. The molecule has 0 unspecified atom stereocenters. The van der Waals surface area contributed by atoms with Crippen LogP contribution in [0.15, 0.2) is 24.3 Å². The van der Waals surface area contributed by atoms with Crippen molar-refractivity contribution in [1.82, 2.24) is 0 Å². The van der Waals surface area contributed by atoms with Gasteiger partial charge >= 0.3 is 6.18 Å². The Labute approximate surface area is 76.7 Å². The van der Waals surface area contributed by atoms with Gasteiger partial charge in [0.2, 0.25) is 0 Å². The molecule has 0 atom stereocenters. The molecule has 0 aliphatic carbocycles. The summed E-state index contributed by atoms with van der Waals surface area (Å²) in [7, 11) is 0. The molecule has 1 aromatic carbocycles. The number of hydrogen-bond acceptors (Lipinski definition) is 0. The molecule has 0 aromatic heterocycles. The van der Waals surface area contributed by atoms with E-state index in [9.17, 15) is 13.2 Å². The van der Waals surface area contributed by atoms with Crippen molar-refractivity contribution in [2.24, 2.45) is 0 Å². The Balaban J connectivity index is 0.000001000. The van der Waals surface area contributed by atoms with Crippen LogP contribution < -0.4 is 0 Å². The van der Waals surface area contributed by atoms with Gasteiger partial charge in [0.1, 0.15) is 0 Å². The van der Waals surface area contributed by atoms with Crippen LogP contribution in [0.1, 0.15) is 5.56 Å². The van der Waals surface area contributed by atoms with E-state index in [4.69, 9.17) is 0 Å². The van der Waals surface area contributed by atoms with Crippen LogP contribution in [0.25, 0.3) is 0 Å². The zero-order chi connectivity index (χ0) is 7.61. The first kappa shape index (κ1) is 10.7. The molecule has 64 valence electrons. The van der Waals surface area contributed by atoms with Gasteiger partial charge in [-0.05, 0) is 0 Å². The summed E-state index contributed by atoms with van der Waals surface area (Å²) in [5.74, 6) is 0. The number of rotatable bonds is 0. The molecule has 0 aliphatic heterocycles. The smallest absolute Gasteiger partial charge is 0.184 e. The largest absolute Gasteiger partial charge is 0.394 e. The normalized spacial score (nSPS) is 10.5. The fourth-order valence-electron chi connectivity index (χ4n) is 0.576. The standard InChI is InChI=1S/C7H4F3.Pt/c8-7(9,10)6-4-2-1-3-5-6;/h2-5H;/q-1;. The van der Waals surface area contributed by atoms with Crippen molar-refractivity contribution < 1.29 is 34.2 Å². The van der Waals surface area contributed by atoms with Gasteiger partial charge < -0.3 is 0 Å². The van der Waals surface area contributed by atoms with Crippen LogP contribution in [0.3, 0.4) is 0 Å². The molecule has 0 radical (unpaired) electrons. The van der Waals surface area contributed by atoms with Gasteiger partial charge in [-0.15, -0.1) is 0 Å². The van der Waals surface area contributed by atoms with Crippen molar-refractivity contribution in [2.75, 3.05) is 0 Å². The van der Waals surface area contributed by atoms with Crippen molar-refractivity contribution >= 4 is 0 Å². The van der Waals surface area contributed by atoms with Crippen molar-refractivity contribution in [3.8, 4) is 0 Å². The van der Waals surface area contributed by atoms with E-state index in [0.29, 0.717) is 0 Å². The van der Waals surface area contributed by atoms with E-state index in [1.54, 1.807) is 0 Å². The van der Waals surface area contributed by atoms with E-state index >= 15 is 0 Å². The van der Waals surface area contributed by atoms with Gasteiger partial charge in [-0.2, -0.15) is 43.5 Å². The fourth-order valence-corrected chi connectivity index (χ4v) is 0.576. The maximum absolute atomic E-state index is 11.8. The third-order valence-corrected chi connectivity index (χ3v) is 1.05. The van der Waals surface area contributed by atoms with E-state index in [1.807, 2.05) is 0 Å². The molecule has 0 aliphatic rings. The number of alkyl halides is 3. The first-order valence-electron chi connectivity index (χ1n) is 2.64. The minimum absolute atomic E-state index is 0. The molecule has 0 N–H and O–H groups in total. The van der Waals surface area contributed by atoms with Gasteiger partial charge in [0.15, 0.2) is 0 Å². The number of benzene rings is 1. The molecule has 0 bridgehead atoms. The van der Waals surface area contributed by atoms with Crippen LogP contribution in [-0.2, 0) is 27.2 Å². The van der Waals surface area contributed by atoms with Gasteiger partial charge in [0, 0.05) is 21.1 Å². The van der Waals surface area contributed by atoms with E-state index in [-0.39, 0.29) is 21.1 Å². The fraction of sp³-hybridized carbons (Fsp3) is 0.143. The minimum Gasteiger partial charge on any atom is -0.184 e. The monoisotopic (exact) mass is 340 g/mol. The Bertz CT molecular complexity index is 205. The molecule has 1 rings (SSSR count). The molecule has 0 fully saturated rings. The van der Waals surface area contributed by atoms with Crippen LogP contribution in [0.5, 0.6) is 0 Å². The SMILES string of the molecule is FC(F)(F)c1cc[c-]cc1.[Pt]. The molecule has 0 amide bonds. The summed E-state index contributed by atoms with van der Waals surface area (Å²) >= 11 is 0. The molecule has 11 heavy (non-hydrogen) atoms. The molecule has 0 saturated carbocycles. The van der Waals surface area contributed by atoms with Crippen LogP contribution in [0, 0.1) is 6.07 Å². The summed E-state index contributed by atoms with van der Waals surface area (Å²) in [5, 5.41) is 0. The predicted octanol–water partition coefficient (Wildman–Crippen LogP) is 2.50. The molecule has 1 aromatic rings. The van der Waals surface area contributed by atoms with E-state index in [1.165, 1.54) is 12.1 Å². The van der Waals surface area contributed by atoms with Crippen LogP contribution in [0.2, 0.25) is 0 Å². The Hall–Kier alpha value is -0.302. The average Bonchev–Trinajstić information content (AvgIpc) is 1.88. The van der Waals surface area contributed by atoms with Crippen LogP contribution in [0.4, 0.5) is 13.2 Å². The van der Waals surface area contributed by atoms with Crippen molar-refractivity contribution in [2.45, 2.75) is 6.18 Å². The second kappa shape index (κ2) is 3.91. The van der Waals surface area contributed by atoms with Gasteiger partial charge in [-0.3, -0.25) is 0 Å². The van der Waals surface area contributed by atoms with Gasteiger partial charge in [-0.25, -0.2) is 0 Å². The Morgan fingerprint density at radius 2 is 1.55 bits per heavy atom. The van der Waals surface area contributed by atoms with Crippen molar-refractivity contribution in [3.63, 3.8) is 0 Å². The van der Waals surface area contributed by atoms with E-state index < -0.39 is 11.7 Å². The van der Waals surface area contributed by atoms with E-state index in [0.717, 1.165) is 12.1 Å². The van der Waals surface area contributed by atoms with E-state index in [2.05, 4.69) is 6.07 Å². The summed E-state index contributed by atoms with van der Waals surface area (Å²) < 4.78 is 35.3. The number of hydrogen-bond donors (Lipinski definition) is 0. The average molecular weight is 340 g/mol. The number of halogens is 3. The van der Waals surface area contributed by atoms with Crippen LogP contribution >= 0.6 is 0 Å². The zero-order valence-electron chi connectivity index (χ0n) is 5.26. The van der Waals surface area contributed by atoms with Crippen molar-refractivity contribution in [3.05, 3.63) is 35.9 Å². The zero-order valence-corrected chi connectivity index (χ0v) is 7.53. The van der Waals surface area contributed by atoms with Crippen LogP contribution in [-0.4, -0.2) is 0 Å². The molecule has 4 heteroatoms. The van der Waals surface area contributed by atoms with Gasteiger partial charge in [0.05, 0.1) is 0 Å². The molecule has 0 nitrogen and oxygen atoms in total. The maximum Gasteiger partial charge on any atom is 0.394 e. The first-order valence-corrected chi connectivity index (χ1v) is 2.64. The molecule has 0 heterocycles. The summed E-state index contributed by atoms with van der Waals surface area (Å²) in [4.78, 5) is 0. The third kappa shape index (κ3) is 3.06. The minimum atomic E-state index is -4.23. The molecular weight excluding hydrogens is 336 g/mol. The summed E-state index contributed by atoms with van der Waals surface area (Å²) in [6.07, 6.45) is -4.23. The molecule has 0 spiro atoms. The van der Waals surface area contributed by atoms with Gasteiger partial charge in [0.25, 0.3) is 0 Å². The summed E-state index contributed by atoms with van der Waals surface area (Å²) in [6.45, 7) is 0. The molecular formula is C7H4F3Pt-. The Kier molecular flexibility index (Phi) is 3.80. The second-order valence-corrected chi connectivity index (χ2v) is 1.79. The predicted molar refractivity (Wildman–Crippen MR) is 30.3 cm³/mol. The summed E-state index contributed by atoms with van der Waals surface area (Å²) in [5.41, 5.74) is -0.633. The second-order valence-electron chi connectivity index (χ2n) is 1.79. The van der Waals surface area contributed by atoms with Gasteiger partial charge in [-0.1, -0.05) is 5.56 Å². The quantitative estimate of drug-likeness (QED) is 0.637. The topological polar surface area (TPSA) is 0 Å². The summed E-state index contributed by atoms with van der Waals surface area (Å²) in [6, 6.07) is 6.95. The third-order valence-electron chi connectivity index (χ3n) is 1.05.